The predicted octanol–water partition coefficient (Wildman–Crippen LogP) is 6.25. The molecule has 5 nitrogen and oxygen atoms in total. The summed E-state index contributed by atoms with van der Waals surface area (Å²) in [5.41, 5.74) is 0.264. The summed E-state index contributed by atoms with van der Waals surface area (Å²) in [5.74, 6) is 0.203. The number of aromatic hydroxyl groups is 1. The summed E-state index contributed by atoms with van der Waals surface area (Å²) < 4.78 is 44.7. The number of hydrogen-bond donors (Lipinski definition) is 1. The quantitative estimate of drug-likeness (QED) is 0.431. The second-order valence-electron chi connectivity index (χ2n) is 8.48. The SMILES string of the molecule is O=C(c1ccc(C(F)(F)F)cc1)N(c1ccc(O)cc1)c1ccc(OCCN2CCCCC2)cc1. The van der Waals surface area contributed by atoms with E-state index in [1.54, 1.807) is 36.4 Å². The van der Waals surface area contributed by atoms with Gasteiger partial charge in [-0.15, -0.1) is 0 Å². The van der Waals surface area contributed by atoms with E-state index >= 15 is 0 Å². The van der Waals surface area contributed by atoms with Crippen LogP contribution in [0.15, 0.2) is 72.8 Å². The number of benzene rings is 3. The van der Waals surface area contributed by atoms with E-state index in [0.29, 0.717) is 23.7 Å². The van der Waals surface area contributed by atoms with E-state index in [2.05, 4.69) is 4.90 Å². The number of ether oxygens (including phenoxy) is 1. The molecule has 1 saturated heterocycles. The highest BCUT2D eigenvalue weighted by Gasteiger charge is 2.30. The van der Waals surface area contributed by atoms with Crippen molar-refractivity contribution in [2.24, 2.45) is 0 Å². The van der Waals surface area contributed by atoms with Crippen LogP contribution < -0.4 is 9.64 Å². The number of phenols is 1. The van der Waals surface area contributed by atoms with Crippen LogP contribution in [0.3, 0.4) is 0 Å². The van der Waals surface area contributed by atoms with Crippen molar-refractivity contribution in [3.63, 3.8) is 0 Å². The Kier molecular flexibility index (Phi) is 7.60. The Morgan fingerprint density at radius 1 is 0.857 bits per heavy atom. The summed E-state index contributed by atoms with van der Waals surface area (Å²) in [4.78, 5) is 17.1. The number of alkyl halides is 3. The molecule has 0 radical (unpaired) electrons. The van der Waals surface area contributed by atoms with Crippen LogP contribution in [0, 0.1) is 0 Å². The zero-order valence-corrected chi connectivity index (χ0v) is 19.2. The highest BCUT2D eigenvalue weighted by atomic mass is 19.4. The molecule has 184 valence electrons. The van der Waals surface area contributed by atoms with Crippen molar-refractivity contribution < 1.29 is 27.8 Å². The highest BCUT2D eigenvalue weighted by molar-refractivity contribution is 6.11. The topological polar surface area (TPSA) is 53.0 Å². The van der Waals surface area contributed by atoms with Gasteiger partial charge in [0.15, 0.2) is 0 Å². The Bertz CT molecular complexity index is 1110. The Hall–Kier alpha value is -3.52. The van der Waals surface area contributed by atoms with Gasteiger partial charge in [-0.3, -0.25) is 14.6 Å². The first-order valence-electron chi connectivity index (χ1n) is 11.6. The van der Waals surface area contributed by atoms with Gasteiger partial charge in [0.25, 0.3) is 5.91 Å². The van der Waals surface area contributed by atoms with Crippen molar-refractivity contribution in [1.29, 1.82) is 0 Å². The average Bonchev–Trinajstić information content (AvgIpc) is 2.86. The summed E-state index contributed by atoms with van der Waals surface area (Å²) in [6.07, 6.45) is -0.771. The molecule has 1 fully saturated rings. The lowest BCUT2D eigenvalue weighted by molar-refractivity contribution is -0.137. The van der Waals surface area contributed by atoms with Crippen LogP contribution in [0.5, 0.6) is 11.5 Å². The molecule has 4 rings (SSSR count). The maximum absolute atomic E-state index is 13.4. The monoisotopic (exact) mass is 484 g/mol. The Balaban J connectivity index is 1.52. The second-order valence-corrected chi connectivity index (χ2v) is 8.48. The molecule has 0 bridgehead atoms. The molecule has 1 aliphatic heterocycles. The van der Waals surface area contributed by atoms with Crippen LogP contribution in [0.4, 0.5) is 24.5 Å². The highest BCUT2D eigenvalue weighted by Crippen LogP contribution is 2.32. The number of halogens is 3. The van der Waals surface area contributed by atoms with Gasteiger partial charge in [0.1, 0.15) is 18.1 Å². The Labute approximate surface area is 202 Å². The van der Waals surface area contributed by atoms with Gasteiger partial charge >= 0.3 is 6.18 Å². The van der Waals surface area contributed by atoms with Crippen LogP contribution in [0.25, 0.3) is 0 Å². The van der Waals surface area contributed by atoms with Gasteiger partial charge in [-0.2, -0.15) is 13.2 Å². The van der Waals surface area contributed by atoms with Crippen LogP contribution in [0.2, 0.25) is 0 Å². The van der Waals surface area contributed by atoms with Crippen molar-refractivity contribution in [2.45, 2.75) is 25.4 Å². The number of nitrogens with zero attached hydrogens (tertiary/aromatic N) is 2. The van der Waals surface area contributed by atoms with Gasteiger partial charge in [0.2, 0.25) is 0 Å². The normalized spacial score (nSPS) is 14.5. The molecule has 1 amide bonds. The molecule has 3 aromatic rings. The first kappa shape index (κ1) is 24.6. The number of piperidine rings is 1. The molecule has 8 heteroatoms. The van der Waals surface area contributed by atoms with Gasteiger partial charge in [0.05, 0.1) is 5.56 Å². The summed E-state index contributed by atoms with van der Waals surface area (Å²) in [6, 6.07) is 17.1. The minimum absolute atomic E-state index is 0.0353. The van der Waals surface area contributed by atoms with Gasteiger partial charge < -0.3 is 9.84 Å². The third-order valence-electron chi connectivity index (χ3n) is 5.99. The second kappa shape index (κ2) is 10.8. The van der Waals surface area contributed by atoms with E-state index in [4.69, 9.17) is 4.74 Å². The van der Waals surface area contributed by atoms with Crippen LogP contribution >= 0.6 is 0 Å². The number of carbonyl (C=O) groups excluding carboxylic acids is 1. The molecular weight excluding hydrogens is 457 g/mol. The van der Waals surface area contributed by atoms with Crippen molar-refractivity contribution >= 4 is 17.3 Å². The summed E-state index contributed by atoms with van der Waals surface area (Å²) in [7, 11) is 0. The van der Waals surface area contributed by atoms with Crippen molar-refractivity contribution in [1.82, 2.24) is 4.90 Å². The molecular formula is C27H27F3N2O3. The van der Waals surface area contributed by atoms with E-state index in [-0.39, 0.29) is 11.3 Å². The Morgan fingerprint density at radius 2 is 1.43 bits per heavy atom. The summed E-state index contributed by atoms with van der Waals surface area (Å²) in [6.45, 7) is 3.60. The molecule has 0 unspecified atom stereocenters. The fraction of sp³-hybridized carbons (Fsp3) is 0.296. The van der Waals surface area contributed by atoms with Crippen LogP contribution in [-0.4, -0.2) is 42.2 Å². The molecule has 0 saturated carbocycles. The van der Waals surface area contributed by atoms with Gasteiger partial charge in [0, 0.05) is 23.5 Å². The minimum atomic E-state index is -4.48. The number of carbonyl (C=O) groups is 1. The van der Waals surface area contributed by atoms with E-state index < -0.39 is 17.6 Å². The molecule has 1 N–H and O–H groups in total. The third kappa shape index (κ3) is 6.33. The van der Waals surface area contributed by atoms with Crippen molar-refractivity contribution in [2.75, 3.05) is 31.1 Å². The number of likely N-dealkylation sites (tertiary alicyclic amines) is 1. The summed E-state index contributed by atoms with van der Waals surface area (Å²) in [5, 5.41) is 9.65. The zero-order valence-electron chi connectivity index (χ0n) is 19.2. The van der Waals surface area contributed by atoms with Crippen molar-refractivity contribution in [3.8, 4) is 11.5 Å². The number of anilines is 2. The molecule has 0 aliphatic carbocycles. The molecule has 0 spiro atoms. The molecule has 1 aliphatic rings. The lowest BCUT2D eigenvalue weighted by Crippen LogP contribution is -2.33. The minimum Gasteiger partial charge on any atom is -0.508 e. The van der Waals surface area contributed by atoms with E-state index in [1.165, 1.54) is 36.3 Å². The largest absolute Gasteiger partial charge is 0.508 e. The van der Waals surface area contributed by atoms with Crippen LogP contribution in [0.1, 0.15) is 35.2 Å². The fourth-order valence-electron chi connectivity index (χ4n) is 4.08. The first-order valence-corrected chi connectivity index (χ1v) is 11.6. The third-order valence-corrected chi connectivity index (χ3v) is 5.99. The predicted molar refractivity (Wildman–Crippen MR) is 128 cm³/mol. The van der Waals surface area contributed by atoms with E-state index in [0.717, 1.165) is 43.9 Å². The summed E-state index contributed by atoms with van der Waals surface area (Å²) >= 11 is 0. The van der Waals surface area contributed by atoms with Gasteiger partial charge in [-0.25, -0.2) is 0 Å². The molecule has 35 heavy (non-hydrogen) atoms. The maximum atomic E-state index is 13.4. The lowest BCUT2D eigenvalue weighted by Gasteiger charge is -2.26. The number of hydrogen-bond acceptors (Lipinski definition) is 4. The maximum Gasteiger partial charge on any atom is 0.416 e. The Morgan fingerprint density at radius 3 is 2.00 bits per heavy atom. The number of amides is 1. The number of phenolic OH excluding ortho intramolecular Hbond substituents is 1. The first-order chi connectivity index (χ1) is 16.8. The van der Waals surface area contributed by atoms with Gasteiger partial charge in [-0.1, -0.05) is 6.42 Å². The van der Waals surface area contributed by atoms with E-state index in [9.17, 15) is 23.1 Å². The van der Waals surface area contributed by atoms with Crippen molar-refractivity contribution in [3.05, 3.63) is 83.9 Å². The van der Waals surface area contributed by atoms with Crippen LogP contribution in [-0.2, 0) is 6.18 Å². The molecule has 0 atom stereocenters. The standard InChI is InChI=1S/C27H27F3N2O3/c28-27(29,30)21-6-4-20(5-7-21)26(34)32(22-8-12-24(33)13-9-22)23-10-14-25(15-11-23)35-19-18-31-16-2-1-3-17-31/h4-15,33H,1-3,16-19H2. The molecule has 3 aromatic carbocycles. The molecule has 1 heterocycles. The zero-order chi connectivity index (χ0) is 24.8. The van der Waals surface area contributed by atoms with Gasteiger partial charge in [-0.05, 0) is 98.7 Å². The molecule has 0 aromatic heterocycles. The fourth-order valence-corrected chi connectivity index (χ4v) is 4.08. The number of rotatable bonds is 7. The van der Waals surface area contributed by atoms with E-state index in [1.807, 2.05) is 0 Å². The lowest BCUT2D eigenvalue weighted by atomic mass is 10.1. The smallest absolute Gasteiger partial charge is 0.416 e. The average molecular weight is 485 g/mol.